The summed E-state index contributed by atoms with van der Waals surface area (Å²) in [6.45, 7) is 4.15. The number of rotatable bonds is 5. The average molecular weight is 369 g/mol. The van der Waals surface area contributed by atoms with Gasteiger partial charge in [-0.05, 0) is 42.5 Å². The minimum atomic E-state index is -4.35. The van der Waals surface area contributed by atoms with Crippen LogP contribution in [0.4, 0.5) is 18.9 Å². The molecule has 0 atom stereocenters. The molecule has 6 heteroatoms. The number of halogens is 3. The van der Waals surface area contributed by atoms with Crippen molar-refractivity contribution in [3.63, 3.8) is 0 Å². The summed E-state index contributed by atoms with van der Waals surface area (Å²) >= 11 is 4.43. The standard InChI is InChI=1S/C16H16F3NO.C3H6S/c1-11-5-3-4-6-15(11)21-10-12-7-8-13(16(17,18)19)9-14(12)20-2;1-2-3-4/h3-9,20H,10H2,1-2H3;3H,2H2,1H3. The third-order valence-corrected chi connectivity index (χ3v) is 3.68. The highest BCUT2D eigenvalue weighted by atomic mass is 32.1. The molecule has 25 heavy (non-hydrogen) atoms. The molecular formula is C19H22F3NOS. The summed E-state index contributed by atoms with van der Waals surface area (Å²) in [5, 5.41) is 4.49. The Morgan fingerprint density at radius 1 is 1.16 bits per heavy atom. The molecule has 0 heterocycles. The van der Waals surface area contributed by atoms with Crippen LogP contribution < -0.4 is 10.1 Å². The molecule has 0 unspecified atom stereocenters. The molecule has 0 saturated heterocycles. The predicted octanol–water partition coefficient (Wildman–Crippen LogP) is 6.03. The maximum Gasteiger partial charge on any atom is 0.416 e. The van der Waals surface area contributed by atoms with Gasteiger partial charge in [0.25, 0.3) is 0 Å². The van der Waals surface area contributed by atoms with Gasteiger partial charge in [-0.25, -0.2) is 0 Å². The topological polar surface area (TPSA) is 21.3 Å². The lowest BCUT2D eigenvalue weighted by Crippen LogP contribution is -2.08. The van der Waals surface area contributed by atoms with Crippen molar-refractivity contribution in [1.29, 1.82) is 0 Å². The molecule has 2 nitrogen and oxygen atoms in total. The second kappa shape index (κ2) is 10.0. The third-order valence-electron chi connectivity index (χ3n) is 3.35. The van der Waals surface area contributed by atoms with Crippen LogP contribution in [0.1, 0.15) is 30.0 Å². The Morgan fingerprint density at radius 3 is 2.32 bits per heavy atom. The summed E-state index contributed by atoms with van der Waals surface area (Å²) in [6, 6.07) is 11.1. The van der Waals surface area contributed by atoms with Crippen molar-refractivity contribution >= 4 is 23.3 Å². The summed E-state index contributed by atoms with van der Waals surface area (Å²) < 4.78 is 43.7. The van der Waals surface area contributed by atoms with Gasteiger partial charge in [-0.15, -0.1) is 0 Å². The van der Waals surface area contributed by atoms with E-state index in [-0.39, 0.29) is 6.61 Å². The summed E-state index contributed by atoms with van der Waals surface area (Å²) in [5.74, 6) is 0.722. The molecule has 0 aliphatic heterocycles. The zero-order valence-electron chi connectivity index (χ0n) is 14.5. The molecule has 0 aliphatic rings. The van der Waals surface area contributed by atoms with Crippen LogP contribution in [0, 0.1) is 6.92 Å². The van der Waals surface area contributed by atoms with E-state index in [1.54, 1.807) is 12.4 Å². The van der Waals surface area contributed by atoms with Gasteiger partial charge in [-0.2, -0.15) is 13.2 Å². The van der Waals surface area contributed by atoms with E-state index in [0.717, 1.165) is 29.9 Å². The molecule has 2 aromatic rings. The number of alkyl halides is 3. The van der Waals surface area contributed by atoms with Gasteiger partial charge in [-0.3, -0.25) is 0 Å². The normalized spacial score (nSPS) is 10.5. The Morgan fingerprint density at radius 2 is 1.80 bits per heavy atom. The molecule has 0 saturated carbocycles. The van der Waals surface area contributed by atoms with Crippen molar-refractivity contribution in [2.75, 3.05) is 12.4 Å². The first kappa shape index (κ1) is 21.0. The van der Waals surface area contributed by atoms with Crippen LogP contribution in [0.15, 0.2) is 42.5 Å². The van der Waals surface area contributed by atoms with E-state index >= 15 is 0 Å². The number of aryl methyl sites for hydroxylation is 1. The van der Waals surface area contributed by atoms with Gasteiger partial charge in [0, 0.05) is 18.3 Å². The lowest BCUT2D eigenvalue weighted by atomic mass is 10.1. The number of hydrogen-bond donors (Lipinski definition) is 1. The lowest BCUT2D eigenvalue weighted by Gasteiger charge is -2.15. The van der Waals surface area contributed by atoms with Crippen molar-refractivity contribution in [2.45, 2.75) is 33.1 Å². The van der Waals surface area contributed by atoms with Crippen molar-refractivity contribution in [3.05, 3.63) is 59.2 Å². The van der Waals surface area contributed by atoms with Gasteiger partial charge in [0.05, 0.1) is 5.56 Å². The van der Waals surface area contributed by atoms with Crippen LogP contribution in [0.25, 0.3) is 0 Å². The monoisotopic (exact) mass is 369 g/mol. The molecule has 2 rings (SSSR count). The maximum absolute atomic E-state index is 12.7. The summed E-state index contributed by atoms with van der Waals surface area (Å²) in [7, 11) is 1.59. The van der Waals surface area contributed by atoms with E-state index in [4.69, 9.17) is 4.74 Å². The number of hydrogen-bond acceptors (Lipinski definition) is 3. The average Bonchev–Trinajstić information content (AvgIpc) is 2.60. The largest absolute Gasteiger partial charge is 0.489 e. The fraction of sp³-hybridized carbons (Fsp3) is 0.316. The molecule has 1 N–H and O–H groups in total. The Balaban J connectivity index is 0.000000705. The summed E-state index contributed by atoms with van der Waals surface area (Å²) in [5.41, 5.74) is 1.40. The molecule has 136 valence electrons. The molecule has 0 fully saturated rings. The van der Waals surface area contributed by atoms with E-state index in [1.807, 2.05) is 38.1 Å². The molecule has 0 spiro atoms. The van der Waals surface area contributed by atoms with Crippen molar-refractivity contribution in [1.82, 2.24) is 0 Å². The lowest BCUT2D eigenvalue weighted by molar-refractivity contribution is -0.137. The Kier molecular flexibility index (Phi) is 8.41. The predicted molar refractivity (Wildman–Crippen MR) is 100 cm³/mol. The van der Waals surface area contributed by atoms with E-state index in [9.17, 15) is 13.2 Å². The van der Waals surface area contributed by atoms with Crippen molar-refractivity contribution < 1.29 is 17.9 Å². The quantitative estimate of drug-likeness (QED) is 0.650. The van der Waals surface area contributed by atoms with Crippen LogP contribution >= 0.6 is 12.2 Å². The number of benzene rings is 2. The number of nitrogens with one attached hydrogen (secondary N) is 1. The molecule has 0 amide bonds. The molecule has 0 aromatic heterocycles. The molecule has 0 radical (unpaired) electrons. The van der Waals surface area contributed by atoms with Crippen LogP contribution in [0.5, 0.6) is 5.75 Å². The molecular weight excluding hydrogens is 347 g/mol. The zero-order valence-corrected chi connectivity index (χ0v) is 15.3. The Labute approximate surface area is 152 Å². The minimum absolute atomic E-state index is 0.208. The van der Waals surface area contributed by atoms with E-state index in [0.29, 0.717) is 11.3 Å². The Bertz CT molecular complexity index is 687. The highest BCUT2D eigenvalue weighted by Gasteiger charge is 2.30. The minimum Gasteiger partial charge on any atom is -0.489 e. The van der Waals surface area contributed by atoms with E-state index in [2.05, 4.69) is 17.5 Å². The fourth-order valence-electron chi connectivity index (χ4n) is 1.99. The summed E-state index contributed by atoms with van der Waals surface area (Å²) in [6.07, 6.45) is -3.34. The van der Waals surface area contributed by atoms with Gasteiger partial charge in [0.15, 0.2) is 0 Å². The zero-order chi connectivity index (χ0) is 18.9. The molecule has 0 bridgehead atoms. The van der Waals surface area contributed by atoms with Crippen LogP contribution in [0.2, 0.25) is 0 Å². The molecule has 2 aromatic carbocycles. The van der Waals surface area contributed by atoms with Gasteiger partial charge in [0.2, 0.25) is 0 Å². The molecule has 0 aliphatic carbocycles. The first-order valence-electron chi connectivity index (χ1n) is 7.83. The van der Waals surface area contributed by atoms with Crippen LogP contribution in [0.3, 0.4) is 0 Å². The highest BCUT2D eigenvalue weighted by molar-refractivity contribution is 7.78. The van der Waals surface area contributed by atoms with Crippen LogP contribution in [-0.4, -0.2) is 12.4 Å². The highest BCUT2D eigenvalue weighted by Crippen LogP contribution is 2.32. The van der Waals surface area contributed by atoms with Crippen LogP contribution in [-0.2, 0) is 12.8 Å². The van der Waals surface area contributed by atoms with E-state index in [1.165, 1.54) is 6.07 Å². The van der Waals surface area contributed by atoms with Crippen molar-refractivity contribution in [2.24, 2.45) is 0 Å². The number of thiocarbonyl (C=S) groups is 1. The SMILES string of the molecule is CCC=S.CNc1cc(C(F)(F)F)ccc1COc1ccccc1C. The summed E-state index contributed by atoms with van der Waals surface area (Å²) in [4.78, 5) is 0. The van der Waals surface area contributed by atoms with Gasteiger partial charge >= 0.3 is 6.18 Å². The maximum atomic E-state index is 12.7. The second-order valence-electron chi connectivity index (χ2n) is 5.25. The van der Waals surface area contributed by atoms with Gasteiger partial charge in [0.1, 0.15) is 12.4 Å². The fourth-order valence-corrected chi connectivity index (χ4v) is 1.99. The second-order valence-corrected chi connectivity index (χ2v) is 5.58. The third kappa shape index (κ3) is 6.74. The van der Waals surface area contributed by atoms with Crippen molar-refractivity contribution in [3.8, 4) is 5.75 Å². The first-order valence-corrected chi connectivity index (χ1v) is 8.30. The van der Waals surface area contributed by atoms with Gasteiger partial charge in [-0.1, -0.05) is 43.4 Å². The first-order chi connectivity index (χ1) is 11.8. The number of ether oxygens (including phenoxy) is 1. The van der Waals surface area contributed by atoms with Gasteiger partial charge < -0.3 is 10.1 Å². The number of anilines is 1. The smallest absolute Gasteiger partial charge is 0.416 e. The van der Waals surface area contributed by atoms with E-state index < -0.39 is 11.7 Å². The number of para-hydroxylation sites is 1. The Hall–Kier alpha value is -2.08.